The molecular weight excluding hydrogens is 550 g/mol. The van der Waals surface area contributed by atoms with E-state index in [1.54, 1.807) is 4.90 Å². The summed E-state index contributed by atoms with van der Waals surface area (Å²) in [5.74, 6) is 0.751. The number of piperazine rings is 1. The number of hydrogen-bond donors (Lipinski definition) is 0. The molecule has 1 saturated carbocycles. The highest BCUT2D eigenvalue weighted by Crippen LogP contribution is 2.50. The van der Waals surface area contributed by atoms with Crippen molar-refractivity contribution < 1.29 is 9.53 Å². The molecule has 1 aliphatic carbocycles. The second-order valence-corrected chi connectivity index (χ2v) is 12.9. The summed E-state index contributed by atoms with van der Waals surface area (Å²) in [7, 11) is 4.22. The molecule has 3 aromatic rings. The zero-order chi connectivity index (χ0) is 31.0. The number of benzene rings is 2. The van der Waals surface area contributed by atoms with Crippen molar-refractivity contribution in [2.45, 2.75) is 51.8 Å². The zero-order valence-electron chi connectivity index (χ0n) is 26.4. The molecule has 9 heteroatoms. The first kappa shape index (κ1) is 29.9. The second kappa shape index (κ2) is 12.1. The summed E-state index contributed by atoms with van der Waals surface area (Å²) >= 11 is 0. The minimum Gasteiger partial charge on any atom is -0.460 e. The lowest BCUT2D eigenvalue weighted by Gasteiger charge is -2.41. The Kier molecular flexibility index (Phi) is 8.21. The average Bonchev–Trinajstić information content (AvgIpc) is 3.80. The van der Waals surface area contributed by atoms with E-state index in [9.17, 15) is 4.79 Å². The maximum absolute atomic E-state index is 12.6. The van der Waals surface area contributed by atoms with Crippen molar-refractivity contribution in [1.29, 1.82) is 0 Å². The van der Waals surface area contributed by atoms with Gasteiger partial charge in [0.25, 0.3) is 0 Å². The van der Waals surface area contributed by atoms with Gasteiger partial charge in [0.2, 0.25) is 12.5 Å². The first-order valence-corrected chi connectivity index (χ1v) is 15.7. The van der Waals surface area contributed by atoms with Crippen LogP contribution in [0.5, 0.6) is 6.01 Å². The summed E-state index contributed by atoms with van der Waals surface area (Å²) in [6.07, 6.45) is 4.39. The molecule has 0 bridgehead atoms. The summed E-state index contributed by atoms with van der Waals surface area (Å²) in [5, 5.41) is 2.52. The molecule has 0 radical (unpaired) electrons. The first-order valence-electron chi connectivity index (χ1n) is 15.7. The van der Waals surface area contributed by atoms with E-state index in [-0.39, 0.29) is 30.0 Å². The Morgan fingerprint density at radius 1 is 1.18 bits per heavy atom. The van der Waals surface area contributed by atoms with Crippen molar-refractivity contribution in [3.63, 3.8) is 0 Å². The van der Waals surface area contributed by atoms with Crippen molar-refractivity contribution in [2.75, 3.05) is 63.2 Å². The van der Waals surface area contributed by atoms with E-state index in [0.717, 1.165) is 49.4 Å². The van der Waals surface area contributed by atoms with Gasteiger partial charge in [-0.05, 0) is 70.3 Å². The summed E-state index contributed by atoms with van der Waals surface area (Å²) in [5.41, 5.74) is 4.72. The molecule has 44 heavy (non-hydrogen) atoms. The van der Waals surface area contributed by atoms with Gasteiger partial charge < -0.3 is 29.2 Å². The van der Waals surface area contributed by atoms with E-state index in [1.807, 2.05) is 0 Å². The number of anilines is 2. The quantitative estimate of drug-likeness (QED) is 0.262. The Bertz CT molecular complexity index is 1600. The number of aromatic nitrogens is 2. The second-order valence-electron chi connectivity index (χ2n) is 12.9. The number of amides is 1. The fourth-order valence-corrected chi connectivity index (χ4v) is 7.16. The van der Waals surface area contributed by atoms with Crippen LogP contribution in [-0.2, 0) is 17.8 Å². The molecule has 1 amide bonds. The lowest BCUT2D eigenvalue weighted by atomic mass is 9.99. The van der Waals surface area contributed by atoms with Crippen LogP contribution in [0.15, 0.2) is 49.1 Å². The minimum atomic E-state index is -0.228. The molecule has 2 fully saturated rings. The van der Waals surface area contributed by atoms with Gasteiger partial charge in [-0.3, -0.25) is 4.79 Å². The Balaban J connectivity index is 1.36. The first-order chi connectivity index (χ1) is 21.2. The van der Waals surface area contributed by atoms with E-state index in [1.165, 1.54) is 28.1 Å². The number of nitrogens with zero attached hydrogens (tertiary/aromatic N) is 7. The highest BCUT2D eigenvalue weighted by atomic mass is 16.5. The molecule has 6 rings (SSSR count). The SMILES string of the molecule is [C-]#[N+]CC1CN(c2nc(OC(C)C3(CN(C)C)CC3)nc3c2CCN(c2cccc4cccc(C)c24)C3)CCN1C(=O)C=C. The summed E-state index contributed by atoms with van der Waals surface area (Å²) in [4.78, 5) is 35.1. The normalized spacial score (nSPS) is 19.8. The van der Waals surface area contributed by atoms with Crippen LogP contribution in [0.4, 0.5) is 11.5 Å². The van der Waals surface area contributed by atoms with E-state index >= 15 is 0 Å². The molecule has 2 aliphatic heterocycles. The third-order valence-electron chi connectivity index (χ3n) is 9.66. The Hall–Kier alpha value is -4.16. The van der Waals surface area contributed by atoms with Gasteiger partial charge >= 0.3 is 6.01 Å². The van der Waals surface area contributed by atoms with Gasteiger partial charge in [-0.25, -0.2) is 6.57 Å². The van der Waals surface area contributed by atoms with Gasteiger partial charge in [0.15, 0.2) is 0 Å². The Labute approximate surface area is 260 Å². The minimum absolute atomic E-state index is 0.0202. The summed E-state index contributed by atoms with van der Waals surface area (Å²) < 4.78 is 6.60. The molecule has 230 valence electrons. The standard InChI is InChI=1S/C35H43N7O2/c1-7-31(43)42-19-18-41(21-27(42)20-36-4)33-28-14-17-40(30-13-9-12-26-11-8-10-24(2)32(26)30)22-29(28)37-34(38-33)44-25(3)35(15-16-35)23-39(5)6/h7-13,25,27H,1,14-23H2,2-3,5-6H3. The van der Waals surface area contributed by atoms with Gasteiger partial charge in [0, 0.05) is 54.8 Å². The predicted octanol–water partition coefficient (Wildman–Crippen LogP) is 4.73. The lowest BCUT2D eigenvalue weighted by Crippen LogP contribution is -2.56. The van der Waals surface area contributed by atoms with Crippen molar-refractivity contribution in [3.8, 4) is 6.01 Å². The van der Waals surface area contributed by atoms with Crippen LogP contribution in [0.1, 0.15) is 36.6 Å². The number of aryl methyl sites for hydroxylation is 1. The van der Waals surface area contributed by atoms with Crippen LogP contribution in [0, 0.1) is 18.9 Å². The van der Waals surface area contributed by atoms with Gasteiger partial charge in [0.05, 0.1) is 12.2 Å². The van der Waals surface area contributed by atoms with E-state index < -0.39 is 0 Å². The number of ether oxygens (including phenoxy) is 1. The third-order valence-corrected chi connectivity index (χ3v) is 9.66. The maximum Gasteiger partial charge on any atom is 0.318 e. The summed E-state index contributed by atoms with van der Waals surface area (Å²) in [6.45, 7) is 19.9. The molecule has 9 nitrogen and oxygen atoms in total. The molecule has 2 atom stereocenters. The lowest BCUT2D eigenvalue weighted by molar-refractivity contribution is -0.128. The third kappa shape index (κ3) is 5.71. The molecule has 0 N–H and O–H groups in total. The van der Waals surface area contributed by atoms with Crippen LogP contribution < -0.4 is 14.5 Å². The topological polar surface area (TPSA) is 69.4 Å². The molecule has 1 aromatic heterocycles. The molecular formula is C35H43N7O2. The van der Waals surface area contributed by atoms with E-state index in [0.29, 0.717) is 32.2 Å². The summed E-state index contributed by atoms with van der Waals surface area (Å²) in [6, 6.07) is 13.2. The average molecular weight is 594 g/mol. The molecule has 3 heterocycles. The predicted molar refractivity (Wildman–Crippen MR) is 175 cm³/mol. The van der Waals surface area contributed by atoms with Crippen molar-refractivity contribution >= 4 is 28.2 Å². The molecule has 0 spiro atoms. The number of fused-ring (bicyclic) bond motifs is 2. The van der Waals surface area contributed by atoms with Crippen molar-refractivity contribution in [3.05, 3.63) is 77.3 Å². The van der Waals surface area contributed by atoms with Crippen molar-refractivity contribution in [2.24, 2.45) is 5.41 Å². The molecule has 3 aliphatic rings. The smallest absolute Gasteiger partial charge is 0.318 e. The van der Waals surface area contributed by atoms with Crippen LogP contribution >= 0.6 is 0 Å². The van der Waals surface area contributed by atoms with Crippen molar-refractivity contribution in [1.82, 2.24) is 19.8 Å². The number of carbonyl (C=O) groups excluding carboxylic acids is 1. The van der Waals surface area contributed by atoms with Crippen LogP contribution in [0.2, 0.25) is 0 Å². The fraction of sp³-hybridized carbons (Fsp3) is 0.486. The van der Waals surface area contributed by atoms with Crippen LogP contribution in [0.3, 0.4) is 0 Å². The molecule has 2 aromatic carbocycles. The highest BCUT2D eigenvalue weighted by Gasteiger charge is 2.49. The van der Waals surface area contributed by atoms with Gasteiger partial charge in [0.1, 0.15) is 18.0 Å². The Morgan fingerprint density at radius 2 is 1.95 bits per heavy atom. The van der Waals surface area contributed by atoms with Gasteiger partial charge in [-0.2, -0.15) is 9.97 Å². The van der Waals surface area contributed by atoms with Gasteiger partial charge in [-0.1, -0.05) is 36.9 Å². The largest absolute Gasteiger partial charge is 0.460 e. The van der Waals surface area contributed by atoms with E-state index in [4.69, 9.17) is 21.3 Å². The maximum atomic E-state index is 12.6. The van der Waals surface area contributed by atoms with Crippen LogP contribution in [0.25, 0.3) is 15.6 Å². The van der Waals surface area contributed by atoms with Crippen LogP contribution in [-0.4, -0.2) is 91.2 Å². The van der Waals surface area contributed by atoms with Gasteiger partial charge in [-0.15, -0.1) is 0 Å². The zero-order valence-corrected chi connectivity index (χ0v) is 26.4. The molecule has 1 saturated heterocycles. The number of rotatable bonds is 9. The highest BCUT2D eigenvalue weighted by molar-refractivity contribution is 5.97. The number of hydrogen-bond acceptors (Lipinski definition) is 7. The van der Waals surface area contributed by atoms with E-state index in [2.05, 4.69) is 90.5 Å². The monoisotopic (exact) mass is 593 g/mol. The number of carbonyl (C=O) groups is 1. The fourth-order valence-electron chi connectivity index (χ4n) is 7.16. The Morgan fingerprint density at radius 3 is 2.66 bits per heavy atom. The molecule has 2 unspecified atom stereocenters.